The Morgan fingerprint density at radius 1 is 1.35 bits per heavy atom. The minimum absolute atomic E-state index is 0.0143. The fraction of sp³-hybridized carbons (Fsp3) is 0.294. The van der Waals surface area contributed by atoms with E-state index in [9.17, 15) is 9.59 Å². The van der Waals surface area contributed by atoms with Crippen LogP contribution < -0.4 is 10.2 Å². The minimum Gasteiger partial charge on any atom is -0.464 e. The summed E-state index contributed by atoms with van der Waals surface area (Å²) in [5.41, 5.74) is 0.797. The number of hydrogen-bond acceptors (Lipinski definition) is 4. The van der Waals surface area contributed by atoms with E-state index in [2.05, 4.69) is 5.32 Å². The smallest absolute Gasteiger partial charge is 0.240 e. The van der Waals surface area contributed by atoms with Crippen LogP contribution in [0.3, 0.4) is 0 Å². The van der Waals surface area contributed by atoms with Gasteiger partial charge in [0.1, 0.15) is 18.1 Å². The molecule has 2 aromatic rings. The predicted molar refractivity (Wildman–Crippen MR) is 89.5 cm³/mol. The molecule has 1 aliphatic heterocycles. The minimum atomic E-state index is -0.235. The van der Waals surface area contributed by atoms with Gasteiger partial charge in [0.2, 0.25) is 11.8 Å². The number of para-hydroxylation sites is 1. The van der Waals surface area contributed by atoms with Crippen molar-refractivity contribution < 1.29 is 14.0 Å². The van der Waals surface area contributed by atoms with E-state index in [1.807, 2.05) is 50.2 Å². The standard InChI is InChI=1S/C17H18N2O3S/c1-11-7-8-14(22-11)12(2)18-16(20)9-19-13-5-3-4-6-15(13)23-10-17(19)21/h3-8,12H,9-10H2,1-2H3,(H,18,20)/t12-/m0/s1. The van der Waals surface area contributed by atoms with Crippen molar-refractivity contribution in [2.75, 3.05) is 17.2 Å². The summed E-state index contributed by atoms with van der Waals surface area (Å²) in [4.78, 5) is 27.0. The van der Waals surface area contributed by atoms with Gasteiger partial charge in [-0.3, -0.25) is 9.59 Å². The largest absolute Gasteiger partial charge is 0.464 e. The second-order valence-corrected chi connectivity index (χ2v) is 6.49. The van der Waals surface area contributed by atoms with E-state index < -0.39 is 0 Å². The molecule has 120 valence electrons. The molecule has 0 saturated carbocycles. The Kier molecular flexibility index (Phi) is 4.43. The van der Waals surface area contributed by atoms with Crippen LogP contribution in [0.1, 0.15) is 24.5 Å². The molecule has 1 aliphatic rings. The van der Waals surface area contributed by atoms with E-state index >= 15 is 0 Å². The second-order valence-electron chi connectivity index (χ2n) is 5.47. The van der Waals surface area contributed by atoms with Crippen LogP contribution in [-0.4, -0.2) is 24.1 Å². The van der Waals surface area contributed by atoms with E-state index in [4.69, 9.17) is 4.42 Å². The summed E-state index contributed by atoms with van der Waals surface area (Å²) in [5.74, 6) is 1.61. The van der Waals surface area contributed by atoms with Crippen molar-refractivity contribution in [3.63, 3.8) is 0 Å². The number of rotatable bonds is 4. The van der Waals surface area contributed by atoms with Gasteiger partial charge in [0.15, 0.2) is 0 Å². The number of benzene rings is 1. The number of amides is 2. The van der Waals surface area contributed by atoms with Gasteiger partial charge in [0, 0.05) is 4.90 Å². The van der Waals surface area contributed by atoms with Gasteiger partial charge in [-0.15, -0.1) is 11.8 Å². The Labute approximate surface area is 139 Å². The third kappa shape index (κ3) is 3.42. The van der Waals surface area contributed by atoms with Gasteiger partial charge >= 0.3 is 0 Å². The van der Waals surface area contributed by atoms with Crippen LogP contribution in [0.4, 0.5) is 5.69 Å². The summed E-state index contributed by atoms with van der Waals surface area (Å²) in [7, 11) is 0. The number of carbonyl (C=O) groups is 2. The van der Waals surface area contributed by atoms with Gasteiger partial charge in [-0.05, 0) is 38.1 Å². The van der Waals surface area contributed by atoms with E-state index in [0.29, 0.717) is 11.5 Å². The zero-order valence-corrected chi connectivity index (χ0v) is 13.9. The predicted octanol–water partition coefficient (Wildman–Crippen LogP) is 2.90. The summed E-state index contributed by atoms with van der Waals surface area (Å²) < 4.78 is 5.51. The van der Waals surface area contributed by atoms with E-state index in [0.717, 1.165) is 16.3 Å². The number of carbonyl (C=O) groups excluding carboxylic acids is 2. The van der Waals surface area contributed by atoms with Crippen LogP contribution in [0, 0.1) is 6.92 Å². The highest BCUT2D eigenvalue weighted by atomic mass is 32.2. The fourth-order valence-electron chi connectivity index (χ4n) is 2.52. The first kappa shape index (κ1) is 15.7. The Balaban J connectivity index is 1.69. The lowest BCUT2D eigenvalue weighted by atomic mass is 10.2. The number of hydrogen-bond donors (Lipinski definition) is 1. The van der Waals surface area contributed by atoms with Crippen LogP contribution in [0.15, 0.2) is 45.7 Å². The third-order valence-electron chi connectivity index (χ3n) is 3.68. The summed E-state index contributed by atoms with van der Waals surface area (Å²) >= 11 is 1.50. The van der Waals surface area contributed by atoms with E-state index in [1.54, 1.807) is 4.90 Å². The van der Waals surface area contributed by atoms with Crippen LogP contribution in [-0.2, 0) is 9.59 Å². The maximum atomic E-state index is 12.3. The molecule has 1 aromatic heterocycles. The van der Waals surface area contributed by atoms with Crippen molar-refractivity contribution in [3.8, 4) is 0 Å². The van der Waals surface area contributed by atoms with Crippen molar-refractivity contribution in [2.45, 2.75) is 24.8 Å². The normalized spacial score (nSPS) is 15.2. The number of nitrogens with one attached hydrogen (secondary N) is 1. The Hall–Kier alpha value is -2.21. The highest BCUT2D eigenvalue weighted by molar-refractivity contribution is 8.00. The van der Waals surface area contributed by atoms with Gasteiger partial charge < -0.3 is 14.6 Å². The number of anilines is 1. The summed E-state index contributed by atoms with van der Waals surface area (Å²) in [6, 6.07) is 11.1. The molecule has 5 nitrogen and oxygen atoms in total. The number of fused-ring (bicyclic) bond motifs is 1. The number of thioether (sulfide) groups is 1. The maximum absolute atomic E-state index is 12.3. The highest BCUT2D eigenvalue weighted by Crippen LogP contribution is 2.34. The highest BCUT2D eigenvalue weighted by Gasteiger charge is 2.26. The molecular formula is C17H18N2O3S. The fourth-order valence-corrected chi connectivity index (χ4v) is 3.45. The van der Waals surface area contributed by atoms with Gasteiger partial charge in [-0.2, -0.15) is 0 Å². The average molecular weight is 330 g/mol. The van der Waals surface area contributed by atoms with Crippen molar-refractivity contribution in [1.29, 1.82) is 0 Å². The van der Waals surface area contributed by atoms with Gasteiger partial charge in [-0.1, -0.05) is 12.1 Å². The molecule has 1 N–H and O–H groups in total. The first-order valence-corrected chi connectivity index (χ1v) is 8.41. The first-order chi connectivity index (χ1) is 11.0. The number of nitrogens with zero attached hydrogens (tertiary/aromatic N) is 1. The molecule has 0 radical (unpaired) electrons. The van der Waals surface area contributed by atoms with Crippen molar-refractivity contribution in [1.82, 2.24) is 5.32 Å². The maximum Gasteiger partial charge on any atom is 0.240 e. The molecule has 0 saturated heterocycles. The molecule has 0 fully saturated rings. The van der Waals surface area contributed by atoms with Gasteiger partial charge in [0.05, 0.1) is 17.5 Å². The quantitative estimate of drug-likeness (QED) is 0.936. The molecule has 0 spiro atoms. The lowest BCUT2D eigenvalue weighted by Crippen LogP contribution is -2.43. The molecule has 0 bridgehead atoms. The molecular weight excluding hydrogens is 312 g/mol. The molecule has 2 heterocycles. The molecule has 0 aliphatic carbocycles. The lowest BCUT2D eigenvalue weighted by Gasteiger charge is -2.28. The Morgan fingerprint density at radius 3 is 2.87 bits per heavy atom. The number of furan rings is 1. The molecule has 6 heteroatoms. The summed E-state index contributed by atoms with van der Waals surface area (Å²) in [6.45, 7) is 3.73. The molecule has 0 unspecified atom stereocenters. The zero-order chi connectivity index (χ0) is 16.4. The van der Waals surface area contributed by atoms with Crippen LogP contribution in [0.2, 0.25) is 0 Å². The number of aryl methyl sites for hydroxylation is 1. The van der Waals surface area contributed by atoms with Crippen LogP contribution in [0.25, 0.3) is 0 Å². The third-order valence-corrected chi connectivity index (χ3v) is 4.72. The Morgan fingerprint density at radius 2 is 2.13 bits per heavy atom. The lowest BCUT2D eigenvalue weighted by molar-refractivity contribution is -0.123. The molecule has 1 atom stereocenters. The topological polar surface area (TPSA) is 62.6 Å². The molecule has 23 heavy (non-hydrogen) atoms. The summed E-state index contributed by atoms with van der Waals surface area (Å²) in [5, 5.41) is 2.87. The van der Waals surface area contributed by atoms with Crippen molar-refractivity contribution >= 4 is 29.3 Å². The molecule has 2 amide bonds. The van der Waals surface area contributed by atoms with Crippen LogP contribution in [0.5, 0.6) is 0 Å². The Bertz CT molecular complexity index is 741. The van der Waals surface area contributed by atoms with Gasteiger partial charge in [-0.25, -0.2) is 0 Å². The first-order valence-electron chi connectivity index (χ1n) is 7.42. The monoisotopic (exact) mass is 330 g/mol. The van der Waals surface area contributed by atoms with Crippen LogP contribution >= 0.6 is 11.8 Å². The second kappa shape index (κ2) is 6.50. The van der Waals surface area contributed by atoms with E-state index in [-0.39, 0.29) is 24.4 Å². The molecule has 3 rings (SSSR count). The van der Waals surface area contributed by atoms with Crippen molar-refractivity contribution in [2.24, 2.45) is 0 Å². The zero-order valence-electron chi connectivity index (χ0n) is 13.0. The average Bonchev–Trinajstić information content (AvgIpc) is 2.97. The molecule has 1 aromatic carbocycles. The van der Waals surface area contributed by atoms with E-state index in [1.165, 1.54) is 11.8 Å². The SMILES string of the molecule is Cc1ccc([C@H](C)NC(=O)CN2C(=O)CSc3ccccc32)o1. The van der Waals surface area contributed by atoms with Crippen molar-refractivity contribution in [3.05, 3.63) is 47.9 Å². The van der Waals surface area contributed by atoms with Gasteiger partial charge in [0.25, 0.3) is 0 Å². The summed E-state index contributed by atoms with van der Waals surface area (Å²) in [6.07, 6.45) is 0.